The van der Waals surface area contributed by atoms with E-state index in [2.05, 4.69) is 10.6 Å². The molecule has 0 aliphatic rings. The van der Waals surface area contributed by atoms with E-state index in [1.165, 1.54) is 6.92 Å². The van der Waals surface area contributed by atoms with Crippen molar-refractivity contribution >= 4 is 17.5 Å². The molecule has 0 aliphatic heterocycles. The van der Waals surface area contributed by atoms with E-state index in [1.54, 1.807) is 24.3 Å². The van der Waals surface area contributed by atoms with E-state index in [-0.39, 0.29) is 17.9 Å². The van der Waals surface area contributed by atoms with Crippen LogP contribution >= 0.6 is 0 Å². The molecule has 5 nitrogen and oxygen atoms in total. The van der Waals surface area contributed by atoms with Gasteiger partial charge in [0.05, 0.1) is 12.6 Å². The first kappa shape index (κ1) is 20.1. The van der Waals surface area contributed by atoms with Crippen molar-refractivity contribution in [3.8, 4) is 5.75 Å². The lowest BCUT2D eigenvalue weighted by Crippen LogP contribution is -2.29. The van der Waals surface area contributed by atoms with Gasteiger partial charge in [-0.3, -0.25) is 9.59 Å². The minimum Gasteiger partial charge on any atom is -0.494 e. The van der Waals surface area contributed by atoms with Gasteiger partial charge in [-0.1, -0.05) is 48.5 Å². The monoisotopic (exact) mass is 388 g/mol. The lowest BCUT2D eigenvalue weighted by Gasteiger charge is -2.20. The van der Waals surface area contributed by atoms with Crippen molar-refractivity contribution in [2.75, 3.05) is 11.9 Å². The predicted octanol–water partition coefficient (Wildman–Crippen LogP) is 4.56. The number of hydrogen-bond donors (Lipinski definition) is 2. The highest BCUT2D eigenvalue weighted by Crippen LogP contribution is 2.25. The molecular weight excluding hydrogens is 364 g/mol. The molecule has 2 amide bonds. The molecule has 0 radical (unpaired) electrons. The van der Waals surface area contributed by atoms with Gasteiger partial charge in [0.1, 0.15) is 5.75 Å². The number of hydrogen-bond acceptors (Lipinski definition) is 3. The molecule has 148 valence electrons. The van der Waals surface area contributed by atoms with Crippen LogP contribution < -0.4 is 15.4 Å². The second kappa shape index (κ2) is 9.55. The van der Waals surface area contributed by atoms with Crippen LogP contribution in [0.25, 0.3) is 0 Å². The minimum atomic E-state index is -0.316. The summed E-state index contributed by atoms with van der Waals surface area (Å²) in [4.78, 5) is 24.3. The highest BCUT2D eigenvalue weighted by molar-refractivity contribution is 5.97. The highest BCUT2D eigenvalue weighted by Gasteiger charge is 2.18. The van der Waals surface area contributed by atoms with E-state index < -0.39 is 0 Å². The van der Waals surface area contributed by atoms with Crippen LogP contribution in [-0.4, -0.2) is 18.4 Å². The van der Waals surface area contributed by atoms with Gasteiger partial charge in [0.25, 0.3) is 5.91 Å². The molecule has 1 atom stereocenters. The largest absolute Gasteiger partial charge is 0.494 e. The maximum atomic E-state index is 13.0. The number of carbonyl (C=O) groups excluding carboxylic acids is 2. The molecule has 3 rings (SSSR count). The van der Waals surface area contributed by atoms with E-state index >= 15 is 0 Å². The van der Waals surface area contributed by atoms with Crippen molar-refractivity contribution in [2.24, 2.45) is 0 Å². The average molecular weight is 388 g/mol. The third-order valence-corrected chi connectivity index (χ3v) is 4.38. The minimum absolute atomic E-state index is 0.181. The molecule has 0 fully saturated rings. The number of rotatable bonds is 7. The van der Waals surface area contributed by atoms with E-state index in [9.17, 15) is 9.59 Å². The molecule has 0 spiro atoms. The normalized spacial score (nSPS) is 11.4. The summed E-state index contributed by atoms with van der Waals surface area (Å²) >= 11 is 0. The Kier molecular flexibility index (Phi) is 6.63. The summed E-state index contributed by atoms with van der Waals surface area (Å²) in [6.45, 7) is 3.98. The van der Waals surface area contributed by atoms with Crippen molar-refractivity contribution in [2.45, 2.75) is 19.9 Å². The number of nitrogens with one attached hydrogen (secondary N) is 2. The third kappa shape index (κ3) is 5.45. The summed E-state index contributed by atoms with van der Waals surface area (Å²) in [5.74, 6) is 0.386. The number of carbonyl (C=O) groups is 2. The number of benzene rings is 3. The summed E-state index contributed by atoms with van der Waals surface area (Å²) in [6, 6.07) is 24.1. The second-order valence-electron chi connectivity index (χ2n) is 6.58. The van der Waals surface area contributed by atoms with Crippen LogP contribution in [0, 0.1) is 0 Å². The molecule has 0 saturated heterocycles. The maximum absolute atomic E-state index is 13.0. The predicted molar refractivity (Wildman–Crippen MR) is 114 cm³/mol. The van der Waals surface area contributed by atoms with E-state index in [0.29, 0.717) is 17.9 Å². The first-order chi connectivity index (χ1) is 14.1. The smallest absolute Gasteiger partial charge is 0.252 e. The Morgan fingerprint density at radius 2 is 1.59 bits per heavy atom. The van der Waals surface area contributed by atoms with Crippen LogP contribution in [0.5, 0.6) is 5.75 Å². The number of amides is 2. The van der Waals surface area contributed by atoms with Gasteiger partial charge >= 0.3 is 0 Å². The Morgan fingerprint density at radius 1 is 0.897 bits per heavy atom. The lowest BCUT2D eigenvalue weighted by molar-refractivity contribution is -0.114. The van der Waals surface area contributed by atoms with Gasteiger partial charge in [0, 0.05) is 18.2 Å². The standard InChI is InChI=1S/C24H24N2O3/c1-3-29-22-14-12-19(13-15-22)23(18-8-5-4-6-9-18)26-24(28)20-10-7-11-21(16-20)25-17(2)27/h4-16,23H,3H2,1-2H3,(H,25,27)(H,26,28). The van der Waals surface area contributed by atoms with Crippen LogP contribution in [0.1, 0.15) is 41.4 Å². The zero-order valence-corrected chi connectivity index (χ0v) is 16.5. The summed E-state index contributed by atoms with van der Waals surface area (Å²) in [6.07, 6.45) is 0. The van der Waals surface area contributed by atoms with Gasteiger partial charge in [-0.05, 0) is 48.4 Å². The van der Waals surface area contributed by atoms with E-state index in [4.69, 9.17) is 4.74 Å². The second-order valence-corrected chi connectivity index (χ2v) is 6.58. The Labute approximate surface area is 170 Å². The van der Waals surface area contributed by atoms with Crippen molar-refractivity contribution in [1.82, 2.24) is 5.32 Å². The van der Waals surface area contributed by atoms with Gasteiger partial charge in [0.2, 0.25) is 5.91 Å². The quantitative estimate of drug-likeness (QED) is 0.623. The summed E-state index contributed by atoms with van der Waals surface area (Å²) < 4.78 is 5.52. The van der Waals surface area contributed by atoms with Crippen LogP contribution in [0.15, 0.2) is 78.9 Å². The van der Waals surface area contributed by atoms with E-state index in [1.807, 2.05) is 61.5 Å². The van der Waals surface area contributed by atoms with Crippen LogP contribution in [-0.2, 0) is 4.79 Å². The molecule has 29 heavy (non-hydrogen) atoms. The van der Waals surface area contributed by atoms with Gasteiger partial charge in [-0.2, -0.15) is 0 Å². The fraction of sp³-hybridized carbons (Fsp3) is 0.167. The fourth-order valence-corrected chi connectivity index (χ4v) is 3.08. The zero-order valence-electron chi connectivity index (χ0n) is 16.5. The molecule has 1 unspecified atom stereocenters. The first-order valence-corrected chi connectivity index (χ1v) is 9.53. The number of anilines is 1. The zero-order chi connectivity index (χ0) is 20.6. The van der Waals surface area contributed by atoms with Crippen LogP contribution in [0.4, 0.5) is 5.69 Å². The Balaban J connectivity index is 1.87. The van der Waals surface area contributed by atoms with Crippen LogP contribution in [0.3, 0.4) is 0 Å². The van der Waals surface area contributed by atoms with Gasteiger partial charge in [-0.25, -0.2) is 0 Å². The maximum Gasteiger partial charge on any atom is 0.252 e. The third-order valence-electron chi connectivity index (χ3n) is 4.38. The van der Waals surface area contributed by atoms with Crippen molar-refractivity contribution in [3.05, 3.63) is 95.6 Å². The molecular formula is C24H24N2O3. The average Bonchev–Trinajstić information content (AvgIpc) is 2.73. The molecule has 0 heterocycles. The topological polar surface area (TPSA) is 67.4 Å². The lowest BCUT2D eigenvalue weighted by atomic mass is 9.98. The molecule has 0 bridgehead atoms. The molecule has 0 saturated carbocycles. The molecule has 5 heteroatoms. The summed E-state index contributed by atoms with van der Waals surface area (Å²) in [5, 5.41) is 5.81. The van der Waals surface area contributed by atoms with Gasteiger partial charge in [0.15, 0.2) is 0 Å². The SMILES string of the molecule is CCOc1ccc(C(NC(=O)c2cccc(NC(C)=O)c2)c2ccccc2)cc1. The Hall–Kier alpha value is -3.60. The molecule has 0 aromatic heterocycles. The van der Waals surface area contributed by atoms with Gasteiger partial charge in [-0.15, -0.1) is 0 Å². The first-order valence-electron chi connectivity index (χ1n) is 9.53. The summed E-state index contributed by atoms with van der Waals surface area (Å²) in [7, 11) is 0. The van der Waals surface area contributed by atoms with Crippen molar-refractivity contribution in [3.63, 3.8) is 0 Å². The van der Waals surface area contributed by atoms with Crippen molar-refractivity contribution < 1.29 is 14.3 Å². The van der Waals surface area contributed by atoms with Crippen molar-refractivity contribution in [1.29, 1.82) is 0 Å². The Morgan fingerprint density at radius 3 is 2.24 bits per heavy atom. The van der Waals surface area contributed by atoms with Crippen LogP contribution in [0.2, 0.25) is 0 Å². The molecule has 3 aromatic carbocycles. The fourth-order valence-electron chi connectivity index (χ4n) is 3.08. The Bertz CT molecular complexity index is 969. The molecule has 3 aromatic rings. The number of ether oxygens (including phenoxy) is 1. The highest BCUT2D eigenvalue weighted by atomic mass is 16.5. The molecule has 0 aliphatic carbocycles. The summed E-state index contributed by atoms with van der Waals surface area (Å²) in [5.41, 5.74) is 2.99. The van der Waals surface area contributed by atoms with Gasteiger partial charge < -0.3 is 15.4 Å². The van der Waals surface area contributed by atoms with E-state index in [0.717, 1.165) is 16.9 Å². The molecule has 2 N–H and O–H groups in total.